The average Bonchev–Trinajstić information content (AvgIpc) is 3.23. The Kier molecular flexibility index (Phi) is 4.32. The molecule has 1 saturated heterocycles. The third-order valence-electron chi connectivity index (χ3n) is 4.75. The van der Waals surface area contributed by atoms with Crippen molar-refractivity contribution in [3.05, 3.63) is 59.8 Å². The van der Waals surface area contributed by atoms with E-state index in [4.69, 9.17) is 0 Å². The normalized spacial score (nSPS) is 18.5. The second-order valence-corrected chi connectivity index (χ2v) is 6.74. The fraction of sp³-hybridized carbons (Fsp3) is 0.316. The van der Waals surface area contributed by atoms with Crippen LogP contribution in [-0.2, 0) is 12.7 Å². The molecule has 0 spiro atoms. The van der Waals surface area contributed by atoms with Crippen LogP contribution in [-0.4, -0.2) is 34.2 Å². The number of aromatic nitrogens is 2. The number of nitrogens with zero attached hydrogens (tertiary/aromatic N) is 2. The van der Waals surface area contributed by atoms with Gasteiger partial charge in [-0.2, -0.15) is 18.3 Å². The molecular weight excluding hydrogens is 341 g/mol. The van der Waals surface area contributed by atoms with Gasteiger partial charge >= 0.3 is 6.18 Å². The van der Waals surface area contributed by atoms with Gasteiger partial charge in [-0.25, -0.2) is 0 Å². The number of aromatic amines is 1. The summed E-state index contributed by atoms with van der Waals surface area (Å²) >= 11 is 0. The highest BCUT2D eigenvalue weighted by molar-refractivity contribution is 5.81. The Morgan fingerprint density at radius 2 is 2.08 bits per heavy atom. The number of hydrogen-bond donors (Lipinski definition) is 2. The molecule has 1 aliphatic heterocycles. The van der Waals surface area contributed by atoms with Gasteiger partial charge in [0.2, 0.25) is 0 Å². The Morgan fingerprint density at radius 3 is 2.92 bits per heavy atom. The quantitative estimate of drug-likeness (QED) is 0.730. The largest absolute Gasteiger partial charge is 0.416 e. The molecule has 0 aliphatic carbocycles. The summed E-state index contributed by atoms with van der Waals surface area (Å²) in [5.41, 5.74) is 2.11. The van der Waals surface area contributed by atoms with E-state index < -0.39 is 11.7 Å². The number of alkyl halides is 3. The Morgan fingerprint density at radius 1 is 1.19 bits per heavy atom. The summed E-state index contributed by atoms with van der Waals surface area (Å²) in [6, 6.07) is 11.9. The van der Waals surface area contributed by atoms with Crippen molar-refractivity contribution in [1.82, 2.24) is 15.1 Å². The standard InChI is InChI=1S/C19H19F3N4/c20-19(21,22)15-3-1-2-13(8-15)11-26-7-6-17(12-26)24-16-5-4-14-10-23-25-18(14)9-16/h1-5,8-10,17,24H,6-7,11-12H2,(H,23,25)/t17-/m1/s1. The number of benzene rings is 2. The van der Waals surface area contributed by atoms with Gasteiger partial charge in [0.15, 0.2) is 0 Å². The van der Waals surface area contributed by atoms with Crippen LogP contribution >= 0.6 is 0 Å². The third-order valence-corrected chi connectivity index (χ3v) is 4.75. The van der Waals surface area contributed by atoms with Crippen LogP contribution in [0.5, 0.6) is 0 Å². The summed E-state index contributed by atoms with van der Waals surface area (Å²) < 4.78 is 38.5. The number of H-pyrrole nitrogens is 1. The number of halogens is 3. The van der Waals surface area contributed by atoms with Crippen LogP contribution in [0.1, 0.15) is 17.5 Å². The molecule has 26 heavy (non-hydrogen) atoms. The molecule has 0 unspecified atom stereocenters. The zero-order valence-corrected chi connectivity index (χ0v) is 14.1. The van der Waals surface area contributed by atoms with E-state index in [1.807, 2.05) is 18.2 Å². The van der Waals surface area contributed by atoms with Crippen molar-refractivity contribution in [3.8, 4) is 0 Å². The van der Waals surface area contributed by atoms with Crippen LogP contribution < -0.4 is 5.32 Å². The summed E-state index contributed by atoms with van der Waals surface area (Å²) in [7, 11) is 0. The Bertz CT molecular complexity index is 903. The van der Waals surface area contributed by atoms with Gasteiger partial charge in [0.25, 0.3) is 0 Å². The average molecular weight is 360 g/mol. The first-order chi connectivity index (χ1) is 12.5. The lowest BCUT2D eigenvalue weighted by molar-refractivity contribution is -0.137. The summed E-state index contributed by atoms with van der Waals surface area (Å²) in [4.78, 5) is 2.18. The van der Waals surface area contributed by atoms with Crippen molar-refractivity contribution in [1.29, 1.82) is 0 Å². The number of likely N-dealkylation sites (tertiary alicyclic amines) is 1. The first kappa shape index (κ1) is 16.9. The Balaban J connectivity index is 1.38. The van der Waals surface area contributed by atoms with Crippen molar-refractivity contribution < 1.29 is 13.2 Å². The van der Waals surface area contributed by atoms with Crippen molar-refractivity contribution in [2.24, 2.45) is 0 Å². The van der Waals surface area contributed by atoms with E-state index in [0.29, 0.717) is 12.1 Å². The van der Waals surface area contributed by atoms with Crippen molar-refractivity contribution in [2.45, 2.75) is 25.2 Å². The topological polar surface area (TPSA) is 44.0 Å². The molecule has 4 nitrogen and oxygen atoms in total. The van der Waals surface area contributed by atoms with Gasteiger partial charge in [-0.1, -0.05) is 18.2 Å². The molecule has 2 aromatic carbocycles. The Labute approximate surface area is 149 Å². The number of anilines is 1. The van der Waals surface area contributed by atoms with Crippen molar-refractivity contribution in [3.63, 3.8) is 0 Å². The van der Waals surface area contributed by atoms with E-state index in [-0.39, 0.29) is 6.04 Å². The lowest BCUT2D eigenvalue weighted by atomic mass is 10.1. The molecule has 1 aliphatic rings. The van der Waals surface area contributed by atoms with E-state index in [2.05, 4.69) is 20.4 Å². The van der Waals surface area contributed by atoms with E-state index >= 15 is 0 Å². The molecule has 2 heterocycles. The zero-order chi connectivity index (χ0) is 18.1. The van der Waals surface area contributed by atoms with Gasteiger partial charge in [0.1, 0.15) is 0 Å². The maximum Gasteiger partial charge on any atom is 0.416 e. The van der Waals surface area contributed by atoms with E-state index in [1.165, 1.54) is 12.1 Å². The van der Waals surface area contributed by atoms with E-state index in [0.717, 1.165) is 42.2 Å². The van der Waals surface area contributed by atoms with Crippen LogP contribution in [0.4, 0.5) is 18.9 Å². The molecule has 2 N–H and O–H groups in total. The molecule has 1 aromatic heterocycles. The summed E-state index contributed by atoms with van der Waals surface area (Å²) in [6.45, 7) is 2.19. The minimum absolute atomic E-state index is 0.279. The lowest BCUT2D eigenvalue weighted by Gasteiger charge is -2.18. The molecule has 0 saturated carbocycles. The van der Waals surface area contributed by atoms with Gasteiger partial charge in [-0.05, 0) is 36.2 Å². The minimum Gasteiger partial charge on any atom is -0.381 e. The fourth-order valence-electron chi connectivity index (χ4n) is 3.46. The van der Waals surface area contributed by atoms with Crippen LogP contribution in [0.15, 0.2) is 48.7 Å². The lowest BCUT2D eigenvalue weighted by Crippen LogP contribution is -2.26. The number of rotatable bonds is 4. The number of nitrogens with one attached hydrogen (secondary N) is 2. The minimum atomic E-state index is -4.30. The van der Waals surface area contributed by atoms with Gasteiger partial charge in [0, 0.05) is 36.7 Å². The molecular formula is C19H19F3N4. The maximum absolute atomic E-state index is 12.8. The highest BCUT2D eigenvalue weighted by atomic mass is 19.4. The first-order valence-electron chi connectivity index (χ1n) is 8.55. The van der Waals surface area contributed by atoms with Crippen LogP contribution in [0.2, 0.25) is 0 Å². The van der Waals surface area contributed by atoms with E-state index in [1.54, 1.807) is 12.3 Å². The smallest absolute Gasteiger partial charge is 0.381 e. The van der Waals surface area contributed by atoms with Gasteiger partial charge in [-0.3, -0.25) is 10.00 Å². The van der Waals surface area contributed by atoms with E-state index in [9.17, 15) is 13.2 Å². The SMILES string of the molecule is FC(F)(F)c1cccc(CN2CC[C@@H](Nc3ccc4cn[nH]c4c3)C2)c1. The number of fused-ring (bicyclic) bond motifs is 1. The van der Waals surface area contributed by atoms with Crippen LogP contribution in [0.3, 0.4) is 0 Å². The summed E-state index contributed by atoms with van der Waals surface area (Å²) in [6.07, 6.45) is -1.55. The van der Waals surface area contributed by atoms with Crippen LogP contribution in [0.25, 0.3) is 10.9 Å². The van der Waals surface area contributed by atoms with Crippen LogP contribution in [0, 0.1) is 0 Å². The third kappa shape index (κ3) is 3.67. The summed E-state index contributed by atoms with van der Waals surface area (Å²) in [5.74, 6) is 0. The van der Waals surface area contributed by atoms with Gasteiger partial charge < -0.3 is 5.32 Å². The fourth-order valence-corrected chi connectivity index (χ4v) is 3.46. The second kappa shape index (κ2) is 6.64. The molecule has 0 radical (unpaired) electrons. The highest BCUT2D eigenvalue weighted by Crippen LogP contribution is 2.30. The van der Waals surface area contributed by atoms with Gasteiger partial charge in [-0.15, -0.1) is 0 Å². The van der Waals surface area contributed by atoms with Gasteiger partial charge in [0.05, 0.1) is 17.3 Å². The monoisotopic (exact) mass is 360 g/mol. The van der Waals surface area contributed by atoms with Crippen molar-refractivity contribution in [2.75, 3.05) is 18.4 Å². The molecule has 3 aromatic rings. The predicted molar refractivity (Wildman–Crippen MR) is 94.8 cm³/mol. The molecule has 0 bridgehead atoms. The molecule has 136 valence electrons. The van der Waals surface area contributed by atoms with Crippen molar-refractivity contribution >= 4 is 16.6 Å². The molecule has 1 atom stereocenters. The molecule has 0 amide bonds. The Hall–Kier alpha value is -2.54. The number of hydrogen-bond acceptors (Lipinski definition) is 3. The molecule has 1 fully saturated rings. The molecule has 7 heteroatoms. The highest BCUT2D eigenvalue weighted by Gasteiger charge is 2.30. The predicted octanol–water partition coefficient (Wildman–Crippen LogP) is 4.27. The molecule has 4 rings (SSSR count). The first-order valence-corrected chi connectivity index (χ1v) is 8.55. The zero-order valence-electron chi connectivity index (χ0n) is 14.1. The summed E-state index contributed by atoms with van der Waals surface area (Å²) in [5, 5.41) is 11.5. The second-order valence-electron chi connectivity index (χ2n) is 6.74. The maximum atomic E-state index is 12.8.